The molecule has 1 amide bonds. The number of likely N-dealkylation sites (tertiary alicyclic amines) is 1. The summed E-state index contributed by atoms with van der Waals surface area (Å²) < 4.78 is 5.59. The van der Waals surface area contributed by atoms with Crippen LogP contribution in [0.2, 0.25) is 0 Å². The number of nitrogens with zero attached hydrogens (tertiary/aromatic N) is 2. The number of carbonyl (C=O) groups excluding carboxylic acids is 2. The normalized spacial score (nSPS) is 17.1. The molecule has 6 nitrogen and oxygen atoms in total. The number of hydrogen-bond donors (Lipinski definition) is 1. The third-order valence-corrected chi connectivity index (χ3v) is 6.90. The average molecular weight is 507 g/mol. The van der Waals surface area contributed by atoms with Crippen LogP contribution in [0, 0.1) is 6.92 Å². The number of unbranched alkanes of at least 4 members (excludes halogenated alkanes) is 2. The summed E-state index contributed by atoms with van der Waals surface area (Å²) in [6, 6.07) is 14.2. The second kappa shape index (κ2) is 14.0. The number of amides is 1. The number of benzene rings is 2. The smallest absolute Gasteiger partial charge is 0.295 e. The van der Waals surface area contributed by atoms with Crippen LogP contribution < -0.4 is 4.74 Å². The Morgan fingerprint density at radius 2 is 1.49 bits per heavy atom. The molecule has 0 aliphatic carbocycles. The van der Waals surface area contributed by atoms with E-state index in [0.29, 0.717) is 18.7 Å². The average Bonchev–Trinajstić information content (AvgIpc) is 3.15. The number of Topliss-reactive ketones (excluding diaryl/α,β-unsaturated/α-hetero) is 1. The van der Waals surface area contributed by atoms with Crippen molar-refractivity contribution in [1.29, 1.82) is 0 Å². The molecule has 200 valence electrons. The van der Waals surface area contributed by atoms with Gasteiger partial charge in [-0.15, -0.1) is 0 Å². The summed E-state index contributed by atoms with van der Waals surface area (Å²) in [5.74, 6) is -0.594. The number of ether oxygens (including phenoxy) is 1. The summed E-state index contributed by atoms with van der Waals surface area (Å²) in [4.78, 5) is 30.7. The molecule has 2 aromatic carbocycles. The van der Waals surface area contributed by atoms with Crippen molar-refractivity contribution < 1.29 is 19.4 Å². The maximum atomic E-state index is 13.3. The van der Waals surface area contributed by atoms with E-state index in [4.69, 9.17) is 4.74 Å². The Labute approximate surface area is 221 Å². The zero-order chi connectivity index (χ0) is 26.8. The molecule has 37 heavy (non-hydrogen) atoms. The monoisotopic (exact) mass is 506 g/mol. The number of ketones is 1. The molecule has 3 rings (SSSR count). The van der Waals surface area contributed by atoms with Gasteiger partial charge in [-0.3, -0.25) is 9.59 Å². The topological polar surface area (TPSA) is 70.1 Å². The van der Waals surface area contributed by atoms with E-state index in [0.717, 1.165) is 68.6 Å². The summed E-state index contributed by atoms with van der Waals surface area (Å²) in [7, 11) is 0. The van der Waals surface area contributed by atoms with E-state index >= 15 is 0 Å². The van der Waals surface area contributed by atoms with E-state index in [1.165, 1.54) is 0 Å². The van der Waals surface area contributed by atoms with E-state index in [2.05, 4.69) is 18.7 Å². The molecule has 2 aromatic rings. The molecular weight excluding hydrogens is 464 g/mol. The first kappa shape index (κ1) is 28.5. The fourth-order valence-corrected chi connectivity index (χ4v) is 4.80. The molecule has 1 aliphatic rings. The molecule has 1 heterocycles. The number of rotatable bonds is 14. The van der Waals surface area contributed by atoms with Gasteiger partial charge in [0.05, 0.1) is 18.2 Å². The highest BCUT2D eigenvalue weighted by Gasteiger charge is 2.45. The van der Waals surface area contributed by atoms with Gasteiger partial charge in [-0.1, -0.05) is 68.7 Å². The zero-order valence-electron chi connectivity index (χ0n) is 22.8. The lowest BCUT2D eigenvalue weighted by Gasteiger charge is -2.27. The molecular formula is C31H42N2O4. The summed E-state index contributed by atoms with van der Waals surface area (Å²) in [5.41, 5.74) is 2.51. The van der Waals surface area contributed by atoms with E-state index in [-0.39, 0.29) is 11.3 Å². The lowest BCUT2D eigenvalue weighted by molar-refractivity contribution is -0.140. The predicted octanol–water partition coefficient (Wildman–Crippen LogP) is 6.11. The van der Waals surface area contributed by atoms with Crippen LogP contribution in [-0.2, 0) is 9.59 Å². The first-order valence-electron chi connectivity index (χ1n) is 13.7. The Bertz CT molecular complexity index is 1050. The minimum Gasteiger partial charge on any atom is -0.507 e. The van der Waals surface area contributed by atoms with Crippen molar-refractivity contribution in [3.63, 3.8) is 0 Å². The van der Waals surface area contributed by atoms with Crippen LogP contribution in [0.3, 0.4) is 0 Å². The summed E-state index contributed by atoms with van der Waals surface area (Å²) in [5, 5.41) is 11.2. The largest absolute Gasteiger partial charge is 0.507 e. The van der Waals surface area contributed by atoms with Crippen LogP contribution in [0.4, 0.5) is 0 Å². The van der Waals surface area contributed by atoms with Gasteiger partial charge in [-0.2, -0.15) is 0 Å². The lowest BCUT2D eigenvalue weighted by Crippen LogP contribution is -2.34. The van der Waals surface area contributed by atoms with Gasteiger partial charge in [0.1, 0.15) is 11.5 Å². The molecule has 1 saturated heterocycles. The maximum Gasteiger partial charge on any atom is 0.295 e. The van der Waals surface area contributed by atoms with Crippen molar-refractivity contribution in [3.05, 3.63) is 70.8 Å². The van der Waals surface area contributed by atoms with Gasteiger partial charge in [0.15, 0.2) is 0 Å². The maximum absolute atomic E-state index is 13.3. The highest BCUT2D eigenvalue weighted by atomic mass is 16.5. The highest BCUT2D eigenvalue weighted by molar-refractivity contribution is 6.46. The van der Waals surface area contributed by atoms with Gasteiger partial charge in [0, 0.05) is 12.1 Å². The zero-order valence-corrected chi connectivity index (χ0v) is 22.8. The van der Waals surface area contributed by atoms with Gasteiger partial charge < -0.3 is 19.6 Å². The third kappa shape index (κ3) is 7.22. The molecule has 0 radical (unpaired) electrons. The SMILES string of the molecule is CCCCN(CCCC)CCCN1C(=O)C(=O)/C(=C(/O)c2ccc(C)cc2)C1c1ccc(OCC)cc1. The number of carbonyl (C=O) groups is 2. The van der Waals surface area contributed by atoms with Crippen molar-refractivity contribution in [2.24, 2.45) is 0 Å². The van der Waals surface area contributed by atoms with Gasteiger partial charge in [0.2, 0.25) is 0 Å². The molecule has 1 unspecified atom stereocenters. The Hall–Kier alpha value is -3.12. The molecule has 0 spiro atoms. The van der Waals surface area contributed by atoms with Crippen LogP contribution >= 0.6 is 0 Å². The first-order valence-corrected chi connectivity index (χ1v) is 13.7. The van der Waals surface area contributed by atoms with Crippen LogP contribution in [0.5, 0.6) is 5.75 Å². The highest BCUT2D eigenvalue weighted by Crippen LogP contribution is 2.40. The van der Waals surface area contributed by atoms with Crippen molar-refractivity contribution in [2.75, 3.05) is 32.8 Å². The van der Waals surface area contributed by atoms with Crippen molar-refractivity contribution in [3.8, 4) is 5.75 Å². The van der Waals surface area contributed by atoms with Crippen molar-refractivity contribution in [2.45, 2.75) is 65.8 Å². The van der Waals surface area contributed by atoms with Crippen LogP contribution in [-0.4, -0.2) is 59.4 Å². The molecule has 1 fully saturated rings. The molecule has 1 N–H and O–H groups in total. The third-order valence-electron chi connectivity index (χ3n) is 6.90. The van der Waals surface area contributed by atoms with Crippen LogP contribution in [0.25, 0.3) is 5.76 Å². The number of aliphatic hydroxyl groups is 1. The Morgan fingerprint density at radius 1 is 0.892 bits per heavy atom. The quantitative estimate of drug-likeness (QED) is 0.190. The standard InChI is InChI=1S/C31H42N2O4/c1-5-8-19-32(20-9-6-2)21-10-22-33-28(24-15-17-26(18-16-24)37-7-3)27(30(35)31(33)36)29(34)25-13-11-23(4)12-14-25/h11-18,28,34H,5-10,19-22H2,1-4H3/b29-27+. The number of aliphatic hydroxyl groups excluding tert-OH is 1. The van der Waals surface area contributed by atoms with Crippen LogP contribution in [0.1, 0.15) is 75.6 Å². The second-order valence-electron chi connectivity index (χ2n) is 9.76. The number of hydrogen-bond acceptors (Lipinski definition) is 5. The van der Waals surface area contributed by atoms with Gasteiger partial charge >= 0.3 is 0 Å². The van der Waals surface area contributed by atoms with E-state index < -0.39 is 17.7 Å². The second-order valence-corrected chi connectivity index (χ2v) is 9.76. The van der Waals surface area contributed by atoms with E-state index in [1.807, 2.05) is 50.2 Å². The molecule has 1 aliphatic heterocycles. The first-order chi connectivity index (χ1) is 17.9. The van der Waals surface area contributed by atoms with E-state index in [9.17, 15) is 14.7 Å². The Balaban J connectivity index is 1.92. The summed E-state index contributed by atoms with van der Waals surface area (Å²) in [6.07, 6.45) is 5.36. The fourth-order valence-electron chi connectivity index (χ4n) is 4.80. The van der Waals surface area contributed by atoms with E-state index in [1.54, 1.807) is 17.0 Å². The predicted molar refractivity (Wildman–Crippen MR) is 149 cm³/mol. The Kier molecular flexibility index (Phi) is 10.8. The van der Waals surface area contributed by atoms with Crippen molar-refractivity contribution in [1.82, 2.24) is 9.80 Å². The van der Waals surface area contributed by atoms with Gasteiger partial charge in [-0.05, 0) is 70.4 Å². The van der Waals surface area contributed by atoms with Crippen molar-refractivity contribution >= 4 is 17.4 Å². The fraction of sp³-hybridized carbons (Fsp3) is 0.484. The number of aryl methyl sites for hydroxylation is 1. The Morgan fingerprint density at radius 3 is 2.05 bits per heavy atom. The molecule has 0 bridgehead atoms. The minimum absolute atomic E-state index is 0.132. The van der Waals surface area contributed by atoms with Gasteiger partial charge in [-0.25, -0.2) is 0 Å². The lowest BCUT2D eigenvalue weighted by atomic mass is 9.95. The molecule has 6 heteroatoms. The minimum atomic E-state index is -0.642. The van der Waals surface area contributed by atoms with Gasteiger partial charge in [0.25, 0.3) is 11.7 Å². The summed E-state index contributed by atoms with van der Waals surface area (Å²) in [6.45, 7) is 12.2. The van der Waals surface area contributed by atoms with Crippen LogP contribution in [0.15, 0.2) is 54.1 Å². The summed E-state index contributed by atoms with van der Waals surface area (Å²) >= 11 is 0. The molecule has 0 saturated carbocycles. The molecule has 0 aromatic heterocycles. The molecule has 1 atom stereocenters.